The van der Waals surface area contributed by atoms with E-state index in [0.717, 1.165) is 26.1 Å². The second-order valence-electron chi connectivity index (χ2n) is 6.28. The third-order valence-electron chi connectivity index (χ3n) is 4.52. The second kappa shape index (κ2) is 5.41. The third-order valence-corrected chi connectivity index (χ3v) is 4.52. The molecule has 2 unspecified atom stereocenters. The molecule has 0 spiro atoms. The van der Waals surface area contributed by atoms with Gasteiger partial charge in [0.25, 0.3) is 0 Å². The molecule has 0 bridgehead atoms. The van der Waals surface area contributed by atoms with Crippen molar-refractivity contribution in [2.24, 2.45) is 0 Å². The first-order valence-corrected chi connectivity index (χ1v) is 7.27. The lowest BCUT2D eigenvalue weighted by Crippen LogP contribution is -2.58. The van der Waals surface area contributed by atoms with Crippen LogP contribution in [0.4, 0.5) is 8.78 Å². The molecule has 2 rings (SSSR count). The van der Waals surface area contributed by atoms with E-state index in [1.165, 1.54) is 0 Å². The van der Waals surface area contributed by atoms with Crippen LogP contribution in [0.15, 0.2) is 0 Å². The highest BCUT2D eigenvalue weighted by molar-refractivity contribution is 4.90. The first-order chi connectivity index (χ1) is 8.39. The Hall–Kier alpha value is -0.220. The fourth-order valence-corrected chi connectivity index (χ4v) is 3.44. The van der Waals surface area contributed by atoms with Crippen molar-refractivity contribution in [3.05, 3.63) is 0 Å². The lowest BCUT2D eigenvalue weighted by Gasteiger charge is -2.47. The molecule has 1 aliphatic heterocycles. The number of nitrogens with zero attached hydrogens (tertiary/aromatic N) is 2. The molecular formula is C14H26F2N2. The molecule has 2 nitrogen and oxygen atoms in total. The molecule has 1 aliphatic carbocycles. The number of rotatable bonds is 2. The van der Waals surface area contributed by atoms with Crippen molar-refractivity contribution >= 4 is 0 Å². The van der Waals surface area contributed by atoms with E-state index in [1.807, 2.05) is 0 Å². The maximum Gasteiger partial charge on any atom is 0.249 e. The lowest BCUT2D eigenvalue weighted by atomic mass is 9.89. The number of alkyl halides is 2. The fourth-order valence-electron chi connectivity index (χ4n) is 3.44. The molecule has 0 N–H and O–H groups in total. The maximum atomic E-state index is 13.5. The molecule has 106 valence electrons. The van der Waals surface area contributed by atoms with Crippen molar-refractivity contribution in [1.29, 1.82) is 0 Å². The number of hydrogen-bond donors (Lipinski definition) is 0. The van der Waals surface area contributed by atoms with E-state index < -0.39 is 5.92 Å². The SMILES string of the molecule is CC(C)N1CCN(C2CCCC(F)(F)C2)C(C)C1. The molecule has 4 heteroatoms. The molecule has 1 saturated carbocycles. The van der Waals surface area contributed by atoms with Crippen LogP contribution in [0.5, 0.6) is 0 Å². The van der Waals surface area contributed by atoms with Crippen LogP contribution in [-0.4, -0.2) is 53.5 Å². The molecule has 0 amide bonds. The molecule has 18 heavy (non-hydrogen) atoms. The summed E-state index contributed by atoms with van der Waals surface area (Å²) in [6, 6.07) is 1.06. The number of piperazine rings is 1. The van der Waals surface area contributed by atoms with Crippen LogP contribution in [0.1, 0.15) is 46.5 Å². The smallest absolute Gasteiger partial charge is 0.249 e. The van der Waals surface area contributed by atoms with Crippen molar-refractivity contribution in [2.75, 3.05) is 19.6 Å². The van der Waals surface area contributed by atoms with Crippen molar-refractivity contribution in [1.82, 2.24) is 9.80 Å². The predicted octanol–water partition coefficient (Wildman–Crippen LogP) is 2.98. The Bertz CT molecular complexity index is 281. The summed E-state index contributed by atoms with van der Waals surface area (Å²) in [5.74, 6) is -2.43. The zero-order valence-corrected chi connectivity index (χ0v) is 11.8. The first kappa shape index (κ1) is 14.2. The van der Waals surface area contributed by atoms with Gasteiger partial charge in [-0.05, 0) is 33.6 Å². The van der Waals surface area contributed by atoms with Gasteiger partial charge in [0.1, 0.15) is 0 Å². The Balaban J connectivity index is 1.94. The molecule has 1 heterocycles. The average Bonchev–Trinajstić information content (AvgIpc) is 2.27. The molecule has 1 saturated heterocycles. The molecule has 0 aromatic heterocycles. The fraction of sp³-hybridized carbons (Fsp3) is 1.00. The van der Waals surface area contributed by atoms with Gasteiger partial charge in [-0.1, -0.05) is 0 Å². The van der Waals surface area contributed by atoms with Crippen molar-refractivity contribution < 1.29 is 8.78 Å². The lowest BCUT2D eigenvalue weighted by molar-refractivity contribution is -0.0790. The minimum Gasteiger partial charge on any atom is -0.298 e. The van der Waals surface area contributed by atoms with Crippen LogP contribution in [0.3, 0.4) is 0 Å². The maximum absolute atomic E-state index is 13.5. The predicted molar refractivity (Wildman–Crippen MR) is 70.1 cm³/mol. The van der Waals surface area contributed by atoms with E-state index in [4.69, 9.17) is 0 Å². The van der Waals surface area contributed by atoms with Gasteiger partial charge in [0.2, 0.25) is 5.92 Å². The van der Waals surface area contributed by atoms with Gasteiger partial charge in [0.05, 0.1) is 0 Å². The topological polar surface area (TPSA) is 6.48 Å². The van der Waals surface area contributed by atoms with Gasteiger partial charge in [0, 0.05) is 50.6 Å². The standard InChI is InChI=1S/C14H26F2N2/c1-11(2)17-7-8-18(12(3)10-17)13-5-4-6-14(15,16)9-13/h11-13H,4-10H2,1-3H3. The minimum absolute atomic E-state index is 0.0685. The largest absolute Gasteiger partial charge is 0.298 e. The molecule has 0 aromatic carbocycles. The van der Waals surface area contributed by atoms with Crippen LogP contribution in [0, 0.1) is 0 Å². The minimum atomic E-state index is -2.43. The monoisotopic (exact) mass is 260 g/mol. The summed E-state index contributed by atoms with van der Waals surface area (Å²) in [4.78, 5) is 4.77. The summed E-state index contributed by atoms with van der Waals surface area (Å²) in [6.07, 6.45) is 1.78. The zero-order valence-electron chi connectivity index (χ0n) is 11.8. The zero-order chi connectivity index (χ0) is 13.3. The summed E-state index contributed by atoms with van der Waals surface area (Å²) < 4.78 is 27.0. The van der Waals surface area contributed by atoms with Crippen LogP contribution in [-0.2, 0) is 0 Å². The summed E-state index contributed by atoms with van der Waals surface area (Å²) in [6.45, 7) is 9.57. The van der Waals surface area contributed by atoms with Gasteiger partial charge in [0.15, 0.2) is 0 Å². The number of hydrogen-bond acceptors (Lipinski definition) is 2. The van der Waals surface area contributed by atoms with Gasteiger partial charge < -0.3 is 0 Å². The van der Waals surface area contributed by atoms with Crippen LogP contribution < -0.4 is 0 Å². The quantitative estimate of drug-likeness (QED) is 0.753. The summed E-state index contributed by atoms with van der Waals surface area (Å²) in [7, 11) is 0. The van der Waals surface area contributed by atoms with Crippen LogP contribution >= 0.6 is 0 Å². The van der Waals surface area contributed by atoms with Crippen molar-refractivity contribution in [3.8, 4) is 0 Å². The normalized spacial score (nSPS) is 35.0. The highest BCUT2D eigenvalue weighted by Gasteiger charge is 2.40. The van der Waals surface area contributed by atoms with Gasteiger partial charge in [-0.2, -0.15) is 0 Å². The number of halogens is 2. The van der Waals surface area contributed by atoms with Crippen molar-refractivity contribution in [3.63, 3.8) is 0 Å². The van der Waals surface area contributed by atoms with Gasteiger partial charge in [-0.15, -0.1) is 0 Å². The third kappa shape index (κ3) is 3.21. The van der Waals surface area contributed by atoms with E-state index in [2.05, 4.69) is 30.6 Å². The summed E-state index contributed by atoms with van der Waals surface area (Å²) in [5, 5.41) is 0. The van der Waals surface area contributed by atoms with E-state index in [0.29, 0.717) is 18.5 Å². The second-order valence-corrected chi connectivity index (χ2v) is 6.28. The molecule has 0 radical (unpaired) electrons. The van der Waals surface area contributed by atoms with Gasteiger partial charge in [-0.3, -0.25) is 9.80 Å². The Morgan fingerprint density at radius 1 is 1.22 bits per heavy atom. The van der Waals surface area contributed by atoms with E-state index in [-0.39, 0.29) is 18.9 Å². The average molecular weight is 260 g/mol. The highest BCUT2D eigenvalue weighted by Crippen LogP contribution is 2.36. The first-order valence-electron chi connectivity index (χ1n) is 7.27. The molecule has 2 aliphatic rings. The van der Waals surface area contributed by atoms with Crippen molar-refractivity contribution in [2.45, 2.75) is 70.5 Å². The Labute approximate surface area is 109 Å². The van der Waals surface area contributed by atoms with E-state index >= 15 is 0 Å². The highest BCUT2D eigenvalue weighted by atomic mass is 19.3. The summed E-state index contributed by atoms with van der Waals surface area (Å²) >= 11 is 0. The van der Waals surface area contributed by atoms with Gasteiger partial charge in [-0.25, -0.2) is 8.78 Å². The van der Waals surface area contributed by atoms with Crippen LogP contribution in [0.25, 0.3) is 0 Å². The molecule has 2 atom stereocenters. The van der Waals surface area contributed by atoms with Crippen LogP contribution in [0.2, 0.25) is 0 Å². The van der Waals surface area contributed by atoms with E-state index in [1.54, 1.807) is 0 Å². The Kier molecular flexibility index (Phi) is 4.27. The summed E-state index contributed by atoms with van der Waals surface area (Å²) in [5.41, 5.74) is 0. The Morgan fingerprint density at radius 2 is 1.94 bits per heavy atom. The molecular weight excluding hydrogens is 234 g/mol. The Morgan fingerprint density at radius 3 is 2.50 bits per heavy atom. The molecule has 0 aromatic rings. The van der Waals surface area contributed by atoms with E-state index in [9.17, 15) is 8.78 Å². The van der Waals surface area contributed by atoms with Gasteiger partial charge >= 0.3 is 0 Å². The molecule has 2 fully saturated rings.